The fourth-order valence-corrected chi connectivity index (χ4v) is 4.25. The largest absolute Gasteiger partial charge is 0.314 e. The van der Waals surface area contributed by atoms with Crippen LogP contribution in [0.5, 0.6) is 0 Å². The molecule has 6 heteroatoms. The van der Waals surface area contributed by atoms with Crippen LogP contribution >= 0.6 is 15.9 Å². The van der Waals surface area contributed by atoms with E-state index in [9.17, 15) is 8.42 Å². The second-order valence-corrected chi connectivity index (χ2v) is 7.28. The SMILES string of the molecule is Cc1cc(S(=O)(=O)N2CCNCC2)c(C)cc1Br. The molecule has 0 aromatic heterocycles. The summed E-state index contributed by atoms with van der Waals surface area (Å²) in [6.07, 6.45) is 0. The normalized spacial score (nSPS) is 17.9. The highest BCUT2D eigenvalue weighted by molar-refractivity contribution is 9.10. The van der Waals surface area contributed by atoms with Crippen LogP contribution in [0.25, 0.3) is 0 Å². The minimum atomic E-state index is -3.36. The van der Waals surface area contributed by atoms with Crippen molar-refractivity contribution in [2.75, 3.05) is 26.2 Å². The zero-order valence-electron chi connectivity index (χ0n) is 10.5. The van der Waals surface area contributed by atoms with Gasteiger partial charge in [0.2, 0.25) is 10.0 Å². The molecule has 18 heavy (non-hydrogen) atoms. The molecule has 0 aliphatic carbocycles. The van der Waals surface area contributed by atoms with Gasteiger partial charge < -0.3 is 5.32 Å². The summed E-state index contributed by atoms with van der Waals surface area (Å²) in [5.74, 6) is 0. The maximum absolute atomic E-state index is 12.6. The molecule has 0 unspecified atom stereocenters. The van der Waals surface area contributed by atoms with E-state index in [1.54, 1.807) is 10.4 Å². The zero-order valence-corrected chi connectivity index (χ0v) is 12.9. The van der Waals surface area contributed by atoms with Gasteiger partial charge in [0.15, 0.2) is 0 Å². The van der Waals surface area contributed by atoms with Crippen molar-refractivity contribution in [1.29, 1.82) is 0 Å². The zero-order chi connectivity index (χ0) is 13.3. The second-order valence-electron chi connectivity index (χ2n) is 4.52. The number of nitrogens with one attached hydrogen (secondary N) is 1. The summed E-state index contributed by atoms with van der Waals surface area (Å²) in [6.45, 7) is 6.24. The van der Waals surface area contributed by atoms with E-state index in [1.165, 1.54) is 0 Å². The summed E-state index contributed by atoms with van der Waals surface area (Å²) >= 11 is 3.42. The summed E-state index contributed by atoms with van der Waals surface area (Å²) in [5.41, 5.74) is 1.72. The van der Waals surface area contributed by atoms with E-state index in [-0.39, 0.29) is 0 Å². The van der Waals surface area contributed by atoms with Gasteiger partial charge in [-0.2, -0.15) is 4.31 Å². The van der Waals surface area contributed by atoms with Crippen molar-refractivity contribution in [2.24, 2.45) is 0 Å². The Labute approximate surface area is 117 Å². The van der Waals surface area contributed by atoms with Gasteiger partial charge >= 0.3 is 0 Å². The molecule has 1 heterocycles. The van der Waals surface area contributed by atoms with Crippen LogP contribution in [-0.4, -0.2) is 38.9 Å². The predicted octanol–water partition coefficient (Wildman–Crippen LogP) is 1.66. The predicted molar refractivity (Wildman–Crippen MR) is 75.2 cm³/mol. The molecule has 4 nitrogen and oxygen atoms in total. The van der Waals surface area contributed by atoms with E-state index in [0.717, 1.165) is 15.6 Å². The number of sulfonamides is 1. The quantitative estimate of drug-likeness (QED) is 0.896. The van der Waals surface area contributed by atoms with Crippen molar-refractivity contribution in [3.05, 3.63) is 27.7 Å². The third-order valence-electron chi connectivity index (χ3n) is 3.15. The molecule has 0 atom stereocenters. The summed E-state index contributed by atoms with van der Waals surface area (Å²) in [4.78, 5) is 0.421. The number of piperazine rings is 1. The third kappa shape index (κ3) is 2.61. The molecule has 0 amide bonds. The van der Waals surface area contributed by atoms with Gasteiger partial charge in [0.05, 0.1) is 4.90 Å². The van der Waals surface area contributed by atoms with E-state index in [1.807, 2.05) is 19.9 Å². The maximum atomic E-state index is 12.6. The molecule has 1 aliphatic rings. The number of benzene rings is 1. The smallest absolute Gasteiger partial charge is 0.243 e. The molecule has 1 aromatic carbocycles. The molecule has 0 radical (unpaired) electrons. The Kier molecular flexibility index (Phi) is 4.11. The minimum absolute atomic E-state index is 0.421. The molecular weight excluding hydrogens is 316 g/mol. The summed E-state index contributed by atoms with van der Waals surface area (Å²) in [6, 6.07) is 3.61. The van der Waals surface area contributed by atoms with Crippen molar-refractivity contribution < 1.29 is 8.42 Å². The van der Waals surface area contributed by atoms with Crippen LogP contribution in [-0.2, 0) is 10.0 Å². The molecule has 0 saturated carbocycles. The topological polar surface area (TPSA) is 49.4 Å². The molecule has 1 aromatic rings. The van der Waals surface area contributed by atoms with Gasteiger partial charge in [-0.05, 0) is 37.1 Å². The van der Waals surface area contributed by atoms with Crippen LogP contribution in [0.2, 0.25) is 0 Å². The van der Waals surface area contributed by atoms with Gasteiger partial charge in [0, 0.05) is 30.7 Å². The van der Waals surface area contributed by atoms with Gasteiger partial charge in [0.25, 0.3) is 0 Å². The van der Waals surface area contributed by atoms with E-state index >= 15 is 0 Å². The van der Waals surface area contributed by atoms with Crippen LogP contribution in [0.3, 0.4) is 0 Å². The first-order chi connectivity index (χ1) is 8.43. The lowest BCUT2D eigenvalue weighted by Crippen LogP contribution is -2.46. The van der Waals surface area contributed by atoms with Crippen molar-refractivity contribution in [2.45, 2.75) is 18.7 Å². The van der Waals surface area contributed by atoms with E-state index in [0.29, 0.717) is 31.1 Å². The van der Waals surface area contributed by atoms with Gasteiger partial charge in [-0.3, -0.25) is 0 Å². The lowest BCUT2D eigenvalue weighted by Gasteiger charge is -2.27. The molecule has 1 saturated heterocycles. The highest BCUT2D eigenvalue weighted by atomic mass is 79.9. The fraction of sp³-hybridized carbons (Fsp3) is 0.500. The third-order valence-corrected chi connectivity index (χ3v) is 6.04. The lowest BCUT2D eigenvalue weighted by atomic mass is 10.2. The molecule has 0 bridgehead atoms. The average molecular weight is 333 g/mol. The standard InChI is InChI=1S/C12H17BrN2O2S/c1-9-8-12(10(2)7-11(9)13)18(16,17)15-5-3-14-4-6-15/h7-8,14H,3-6H2,1-2H3. The Balaban J connectivity index is 2.43. The van der Waals surface area contributed by atoms with Crippen LogP contribution in [0, 0.1) is 13.8 Å². The molecule has 1 fully saturated rings. The Morgan fingerprint density at radius 3 is 2.39 bits per heavy atom. The summed E-state index contributed by atoms with van der Waals surface area (Å²) < 4.78 is 27.6. The van der Waals surface area contributed by atoms with Crippen LogP contribution in [0.1, 0.15) is 11.1 Å². The molecule has 100 valence electrons. The Hall–Kier alpha value is -0.430. The Bertz CT molecular complexity index is 551. The second kappa shape index (κ2) is 5.28. The Morgan fingerprint density at radius 1 is 1.17 bits per heavy atom. The number of rotatable bonds is 2. The van der Waals surface area contributed by atoms with Crippen molar-refractivity contribution in [1.82, 2.24) is 9.62 Å². The molecule has 1 aliphatic heterocycles. The van der Waals surface area contributed by atoms with Crippen molar-refractivity contribution in [3.8, 4) is 0 Å². The molecule has 1 N–H and O–H groups in total. The molecular formula is C12H17BrN2O2S. The monoisotopic (exact) mass is 332 g/mol. The van der Waals surface area contributed by atoms with Crippen LogP contribution < -0.4 is 5.32 Å². The number of halogens is 1. The first-order valence-corrected chi connectivity index (χ1v) is 8.14. The van der Waals surface area contributed by atoms with E-state index < -0.39 is 10.0 Å². The lowest BCUT2D eigenvalue weighted by molar-refractivity contribution is 0.360. The highest BCUT2D eigenvalue weighted by Gasteiger charge is 2.27. The maximum Gasteiger partial charge on any atom is 0.243 e. The van der Waals surface area contributed by atoms with E-state index in [2.05, 4.69) is 21.2 Å². The highest BCUT2D eigenvalue weighted by Crippen LogP contribution is 2.26. The first-order valence-electron chi connectivity index (χ1n) is 5.90. The molecule has 2 rings (SSSR count). The number of nitrogens with zero attached hydrogens (tertiary/aromatic N) is 1. The minimum Gasteiger partial charge on any atom is -0.314 e. The van der Waals surface area contributed by atoms with Crippen LogP contribution in [0.15, 0.2) is 21.5 Å². The number of aryl methyl sites for hydroxylation is 2. The van der Waals surface area contributed by atoms with Gasteiger partial charge in [-0.15, -0.1) is 0 Å². The van der Waals surface area contributed by atoms with Crippen molar-refractivity contribution >= 4 is 26.0 Å². The van der Waals surface area contributed by atoms with Gasteiger partial charge in [0.1, 0.15) is 0 Å². The van der Waals surface area contributed by atoms with Gasteiger partial charge in [-0.25, -0.2) is 8.42 Å². The molecule has 0 spiro atoms. The summed E-state index contributed by atoms with van der Waals surface area (Å²) in [7, 11) is -3.36. The van der Waals surface area contributed by atoms with Crippen molar-refractivity contribution in [3.63, 3.8) is 0 Å². The van der Waals surface area contributed by atoms with Crippen LogP contribution in [0.4, 0.5) is 0 Å². The Morgan fingerprint density at radius 2 is 1.78 bits per heavy atom. The van der Waals surface area contributed by atoms with E-state index in [4.69, 9.17) is 0 Å². The first kappa shape index (κ1) is 14.0. The van der Waals surface area contributed by atoms with Gasteiger partial charge in [-0.1, -0.05) is 15.9 Å². The summed E-state index contributed by atoms with van der Waals surface area (Å²) in [5, 5.41) is 3.16. The number of hydrogen-bond acceptors (Lipinski definition) is 3. The fourth-order valence-electron chi connectivity index (χ4n) is 2.06. The number of hydrogen-bond donors (Lipinski definition) is 1. The average Bonchev–Trinajstić information content (AvgIpc) is 2.34.